The van der Waals surface area contributed by atoms with Crippen molar-refractivity contribution < 1.29 is 4.84 Å². The number of nitrogens with zero attached hydrogens (tertiary/aromatic N) is 1. The smallest absolute Gasteiger partial charge is 0.0682 e. The molecule has 0 saturated carbocycles. The molecule has 0 saturated heterocycles. The summed E-state index contributed by atoms with van der Waals surface area (Å²) in [7, 11) is 1.97. The topological polar surface area (TPSA) is 12.5 Å². The maximum absolute atomic E-state index is 5.26. The molecule has 17 heavy (non-hydrogen) atoms. The van der Waals surface area contributed by atoms with Gasteiger partial charge in [-0.1, -0.05) is 68.2 Å². The summed E-state index contributed by atoms with van der Waals surface area (Å²) in [6.45, 7) is 14.6. The molecule has 0 fully saturated rings. The highest BCUT2D eigenvalue weighted by Gasteiger charge is 1.92. The Labute approximate surface area is 112 Å². The van der Waals surface area contributed by atoms with E-state index in [-0.39, 0.29) is 7.43 Å². The van der Waals surface area contributed by atoms with Crippen LogP contribution in [0.15, 0.2) is 0 Å². The highest BCUT2D eigenvalue weighted by molar-refractivity contribution is 4.32. The lowest BCUT2D eigenvalue weighted by Crippen LogP contribution is -2.19. The average molecular weight is 249 g/mol. The van der Waals surface area contributed by atoms with E-state index < -0.39 is 0 Å². The minimum atomic E-state index is 0. The number of hydrogen-bond acceptors (Lipinski definition) is 2. The van der Waals surface area contributed by atoms with E-state index in [2.05, 4.69) is 27.7 Å². The Hall–Kier alpha value is -0.0800. The molecule has 110 valence electrons. The van der Waals surface area contributed by atoms with E-state index in [0.717, 1.165) is 26.0 Å². The van der Waals surface area contributed by atoms with Crippen LogP contribution >= 0.6 is 0 Å². The van der Waals surface area contributed by atoms with Gasteiger partial charge >= 0.3 is 0 Å². The van der Waals surface area contributed by atoms with Gasteiger partial charge in [0.1, 0.15) is 0 Å². The van der Waals surface area contributed by atoms with E-state index in [1.165, 1.54) is 19.3 Å². The van der Waals surface area contributed by atoms with Crippen molar-refractivity contribution >= 4 is 0 Å². The molecule has 0 heterocycles. The molecule has 2 heteroatoms. The first-order chi connectivity index (χ1) is 7.72. The van der Waals surface area contributed by atoms with Crippen LogP contribution < -0.4 is 0 Å². The van der Waals surface area contributed by atoms with Crippen LogP contribution in [0.2, 0.25) is 0 Å². The van der Waals surface area contributed by atoms with E-state index >= 15 is 0 Å². The van der Waals surface area contributed by atoms with Crippen LogP contribution in [0, 0.1) is 0 Å². The molecule has 0 aromatic carbocycles. The Morgan fingerprint density at radius 2 is 1.29 bits per heavy atom. The lowest BCUT2D eigenvalue weighted by Gasteiger charge is -2.13. The summed E-state index contributed by atoms with van der Waals surface area (Å²) in [5, 5.41) is 1.89. The molecule has 0 N–H and O–H groups in total. The molecule has 0 amide bonds. The summed E-state index contributed by atoms with van der Waals surface area (Å²) in [4.78, 5) is 5.26. The lowest BCUT2D eigenvalue weighted by molar-refractivity contribution is -0.139. The van der Waals surface area contributed by atoms with Gasteiger partial charge in [-0.2, -0.15) is 5.06 Å². The fourth-order valence-corrected chi connectivity index (χ4v) is 0.980. The van der Waals surface area contributed by atoms with Gasteiger partial charge in [-0.25, -0.2) is 0 Å². The van der Waals surface area contributed by atoms with Crippen LogP contribution in [0.25, 0.3) is 0 Å². The van der Waals surface area contributed by atoms with Crippen LogP contribution in [-0.2, 0) is 4.84 Å². The number of rotatable bonds is 7. The van der Waals surface area contributed by atoms with Gasteiger partial charge in [0, 0.05) is 13.6 Å². The van der Waals surface area contributed by atoms with E-state index in [1.54, 1.807) is 0 Å². The quantitative estimate of drug-likeness (QED) is 0.550. The summed E-state index contributed by atoms with van der Waals surface area (Å²) in [5.74, 6) is 0. The largest absolute Gasteiger partial charge is 0.299 e. The van der Waals surface area contributed by atoms with Crippen molar-refractivity contribution in [1.82, 2.24) is 5.06 Å². The van der Waals surface area contributed by atoms with Crippen molar-refractivity contribution in [3.8, 4) is 0 Å². The van der Waals surface area contributed by atoms with E-state index in [1.807, 2.05) is 26.0 Å². The molecule has 0 atom stereocenters. The molecular formula is C15H39NO. The Balaban J connectivity index is -0.0000000910. The average Bonchev–Trinajstić information content (AvgIpc) is 2.31. The molecule has 2 nitrogen and oxygen atoms in total. The minimum Gasteiger partial charge on any atom is -0.299 e. The summed E-state index contributed by atoms with van der Waals surface area (Å²) in [6, 6.07) is 0. The first-order valence-corrected chi connectivity index (χ1v) is 7.06. The van der Waals surface area contributed by atoms with Crippen LogP contribution in [0.3, 0.4) is 0 Å². The Kier molecular flexibility index (Phi) is 44.9. The molecule has 0 aliphatic rings. The van der Waals surface area contributed by atoms with Crippen molar-refractivity contribution in [2.45, 2.75) is 81.1 Å². The lowest BCUT2D eigenvalue weighted by atomic mass is 10.3. The molecule has 0 radical (unpaired) electrons. The number of unbranched alkanes of at least 4 members (excludes halogenated alkanes) is 2. The molecule has 0 rings (SSSR count). The SMILES string of the molecule is C.CC.CCCCC.CCCON(C)CCC. The molecule has 0 bridgehead atoms. The zero-order chi connectivity index (χ0) is 13.2. The second kappa shape index (κ2) is 29.7. The first kappa shape index (κ1) is 25.7. The van der Waals surface area contributed by atoms with Gasteiger partial charge < -0.3 is 0 Å². The van der Waals surface area contributed by atoms with E-state index in [4.69, 9.17) is 4.84 Å². The molecule has 0 aromatic heterocycles. The first-order valence-electron chi connectivity index (χ1n) is 7.06. The second-order valence-electron chi connectivity index (χ2n) is 3.54. The van der Waals surface area contributed by atoms with Crippen molar-refractivity contribution in [3.63, 3.8) is 0 Å². The Morgan fingerprint density at radius 3 is 1.53 bits per heavy atom. The molecular weight excluding hydrogens is 210 g/mol. The van der Waals surface area contributed by atoms with Gasteiger partial charge in [0.2, 0.25) is 0 Å². The third kappa shape index (κ3) is 38.8. The normalized spacial score (nSPS) is 8.47. The minimum absolute atomic E-state index is 0. The maximum atomic E-state index is 5.26. The van der Waals surface area contributed by atoms with Crippen LogP contribution in [0.4, 0.5) is 0 Å². The summed E-state index contributed by atoms with van der Waals surface area (Å²) in [5.41, 5.74) is 0. The second-order valence-corrected chi connectivity index (χ2v) is 3.54. The number of hydroxylamine groups is 2. The van der Waals surface area contributed by atoms with Gasteiger partial charge in [0.05, 0.1) is 6.61 Å². The summed E-state index contributed by atoms with van der Waals surface area (Å²) in [6.07, 6.45) is 6.32. The van der Waals surface area contributed by atoms with Gasteiger partial charge in [0.25, 0.3) is 0 Å². The maximum Gasteiger partial charge on any atom is 0.0682 e. The van der Waals surface area contributed by atoms with E-state index in [9.17, 15) is 0 Å². The highest BCUT2D eigenvalue weighted by atomic mass is 16.7. The highest BCUT2D eigenvalue weighted by Crippen LogP contribution is 1.89. The molecule has 0 aliphatic heterocycles. The zero-order valence-corrected chi connectivity index (χ0v) is 12.8. The summed E-state index contributed by atoms with van der Waals surface area (Å²) >= 11 is 0. The van der Waals surface area contributed by atoms with Crippen LogP contribution in [-0.4, -0.2) is 25.3 Å². The molecule has 0 aromatic rings. The monoisotopic (exact) mass is 249 g/mol. The van der Waals surface area contributed by atoms with Gasteiger partial charge in [-0.05, 0) is 12.8 Å². The number of hydrogen-bond donors (Lipinski definition) is 0. The summed E-state index contributed by atoms with van der Waals surface area (Å²) < 4.78 is 0. The fraction of sp³-hybridized carbons (Fsp3) is 1.00. The van der Waals surface area contributed by atoms with Crippen molar-refractivity contribution in [2.75, 3.05) is 20.2 Å². The van der Waals surface area contributed by atoms with Crippen LogP contribution in [0.5, 0.6) is 0 Å². The third-order valence-corrected chi connectivity index (χ3v) is 1.76. The Bertz CT molecular complexity index is 85.0. The predicted octanol–water partition coefficient (Wildman–Crippen LogP) is 5.53. The Morgan fingerprint density at radius 1 is 0.824 bits per heavy atom. The standard InChI is InChI=1S/C7H17NO.C5H12.C2H6.CH4/c1-4-6-8(3)9-7-5-2;1-3-5-4-2;1-2;/h4-7H2,1-3H3;3-5H2,1-2H3;1-2H3;1H4. The zero-order valence-electron chi connectivity index (χ0n) is 12.8. The van der Waals surface area contributed by atoms with E-state index in [0.29, 0.717) is 0 Å². The van der Waals surface area contributed by atoms with Crippen molar-refractivity contribution in [2.24, 2.45) is 0 Å². The molecule has 0 aliphatic carbocycles. The van der Waals surface area contributed by atoms with Crippen molar-refractivity contribution in [1.29, 1.82) is 0 Å². The molecule has 0 spiro atoms. The van der Waals surface area contributed by atoms with Gasteiger partial charge in [-0.15, -0.1) is 0 Å². The third-order valence-electron chi connectivity index (χ3n) is 1.76. The van der Waals surface area contributed by atoms with Crippen LogP contribution in [0.1, 0.15) is 81.1 Å². The fourth-order valence-electron chi connectivity index (χ4n) is 0.980. The van der Waals surface area contributed by atoms with Gasteiger partial charge in [0.15, 0.2) is 0 Å². The van der Waals surface area contributed by atoms with Crippen molar-refractivity contribution in [3.05, 3.63) is 0 Å². The predicted molar refractivity (Wildman–Crippen MR) is 82.4 cm³/mol. The molecule has 0 unspecified atom stereocenters. The van der Waals surface area contributed by atoms with Gasteiger partial charge in [-0.3, -0.25) is 4.84 Å².